The van der Waals surface area contributed by atoms with E-state index in [0.29, 0.717) is 17.0 Å². The zero-order chi connectivity index (χ0) is 22.2. The number of hydrogen-bond acceptors (Lipinski definition) is 5. The van der Waals surface area contributed by atoms with Crippen molar-refractivity contribution in [2.24, 2.45) is 7.05 Å². The summed E-state index contributed by atoms with van der Waals surface area (Å²) in [6.07, 6.45) is 4.47. The van der Waals surface area contributed by atoms with E-state index in [0.717, 1.165) is 30.5 Å². The molecular weight excluding hydrogens is 416 g/mol. The molecule has 1 N–H and O–H groups in total. The van der Waals surface area contributed by atoms with Gasteiger partial charge in [-0.15, -0.1) is 0 Å². The van der Waals surface area contributed by atoms with Crippen LogP contribution in [0.3, 0.4) is 0 Å². The van der Waals surface area contributed by atoms with Crippen molar-refractivity contribution in [1.29, 1.82) is 0 Å². The van der Waals surface area contributed by atoms with E-state index in [9.17, 15) is 13.2 Å². The Morgan fingerprint density at radius 1 is 1.26 bits per heavy atom. The monoisotopic (exact) mass is 442 g/mol. The number of anilines is 1. The molecule has 0 aliphatic heterocycles. The number of rotatable bonds is 7. The number of sulfonamides is 1. The third kappa shape index (κ3) is 4.28. The van der Waals surface area contributed by atoms with E-state index in [1.165, 1.54) is 29.3 Å². The van der Waals surface area contributed by atoms with Crippen LogP contribution < -0.4 is 5.32 Å². The highest BCUT2D eigenvalue weighted by Crippen LogP contribution is 2.29. The largest absolute Gasteiger partial charge is 0.468 e. The average Bonchev–Trinajstić information content (AvgIpc) is 3.42. The average molecular weight is 443 g/mol. The van der Waals surface area contributed by atoms with Crippen LogP contribution in [0, 0.1) is 6.92 Å². The van der Waals surface area contributed by atoms with Gasteiger partial charge in [-0.1, -0.05) is 0 Å². The van der Waals surface area contributed by atoms with E-state index in [1.807, 2.05) is 11.7 Å². The van der Waals surface area contributed by atoms with Crippen LogP contribution in [0.1, 0.15) is 41.6 Å². The maximum Gasteiger partial charge on any atom is 0.244 e. The zero-order valence-electron chi connectivity index (χ0n) is 17.9. The predicted octanol–water partition coefficient (Wildman–Crippen LogP) is 3.16. The Balaban J connectivity index is 1.71. The zero-order valence-corrected chi connectivity index (χ0v) is 18.7. The fraction of sp³-hybridized carbons (Fsp3) is 0.364. The summed E-state index contributed by atoms with van der Waals surface area (Å²) in [7, 11) is -1.94. The number of nitrogens with one attached hydrogen (secondary N) is 1. The lowest BCUT2D eigenvalue weighted by molar-refractivity contribution is -0.114. The van der Waals surface area contributed by atoms with Crippen LogP contribution in [0.2, 0.25) is 0 Å². The van der Waals surface area contributed by atoms with Crippen molar-refractivity contribution < 1.29 is 17.6 Å². The van der Waals surface area contributed by atoms with Gasteiger partial charge in [0.25, 0.3) is 0 Å². The topological polar surface area (TPSA) is 97.4 Å². The Bertz CT molecular complexity index is 1210. The SMILES string of the molecule is CC(=O)Nc1ccc(S(=O)(=O)N(Cc2ccco2)Cc2nn(C)c3c2CCC3)c(C)c1. The highest BCUT2D eigenvalue weighted by molar-refractivity contribution is 7.89. The Labute approximate surface area is 181 Å². The van der Waals surface area contributed by atoms with E-state index >= 15 is 0 Å². The molecular formula is C22H26N4O4S. The minimum absolute atomic E-state index is 0.105. The summed E-state index contributed by atoms with van der Waals surface area (Å²) < 4.78 is 36.1. The predicted molar refractivity (Wildman–Crippen MR) is 116 cm³/mol. The summed E-state index contributed by atoms with van der Waals surface area (Å²) in [5, 5.41) is 7.30. The van der Waals surface area contributed by atoms with Crippen LogP contribution in [0.5, 0.6) is 0 Å². The number of carbonyl (C=O) groups excluding carboxylic acids is 1. The highest BCUT2D eigenvalue weighted by Gasteiger charge is 2.30. The van der Waals surface area contributed by atoms with Crippen LogP contribution in [0.4, 0.5) is 5.69 Å². The maximum atomic E-state index is 13.7. The van der Waals surface area contributed by atoms with Crippen molar-refractivity contribution in [2.45, 2.75) is 51.1 Å². The normalized spacial score (nSPS) is 13.5. The minimum Gasteiger partial charge on any atom is -0.468 e. The fourth-order valence-corrected chi connectivity index (χ4v) is 5.73. The molecule has 1 aliphatic carbocycles. The number of carbonyl (C=O) groups is 1. The molecule has 3 aromatic rings. The van der Waals surface area contributed by atoms with Crippen molar-refractivity contribution in [1.82, 2.24) is 14.1 Å². The Hall–Kier alpha value is -2.91. The van der Waals surface area contributed by atoms with E-state index in [2.05, 4.69) is 10.4 Å². The maximum absolute atomic E-state index is 13.7. The van der Waals surface area contributed by atoms with Gasteiger partial charge in [-0.2, -0.15) is 9.40 Å². The Morgan fingerprint density at radius 2 is 2.06 bits per heavy atom. The van der Waals surface area contributed by atoms with E-state index in [4.69, 9.17) is 4.42 Å². The number of aromatic nitrogens is 2. The number of benzene rings is 1. The molecule has 8 nitrogen and oxygen atoms in total. The number of furan rings is 1. The van der Waals surface area contributed by atoms with E-state index < -0.39 is 10.0 Å². The van der Waals surface area contributed by atoms with Crippen LogP contribution >= 0.6 is 0 Å². The first-order valence-electron chi connectivity index (χ1n) is 10.2. The summed E-state index contributed by atoms with van der Waals surface area (Å²) in [5.41, 5.74) is 4.24. The molecule has 4 rings (SSSR count). The first kappa shape index (κ1) is 21.3. The third-order valence-electron chi connectivity index (χ3n) is 5.55. The van der Waals surface area contributed by atoms with Gasteiger partial charge in [-0.05, 0) is 67.6 Å². The standard InChI is InChI=1S/C22H26N4O4S/c1-15-12-17(23-16(2)27)9-10-22(15)31(28,29)26(13-18-6-5-11-30-18)14-20-19-7-4-8-21(19)25(3)24-20/h5-6,9-12H,4,7-8,13-14H2,1-3H3,(H,23,27). The Kier molecular flexibility index (Phi) is 5.72. The molecule has 0 saturated heterocycles. The van der Waals surface area contributed by atoms with Crippen LogP contribution in [-0.2, 0) is 47.8 Å². The highest BCUT2D eigenvalue weighted by atomic mass is 32.2. The third-order valence-corrected chi connectivity index (χ3v) is 7.50. The number of nitrogens with zero attached hydrogens (tertiary/aromatic N) is 3. The van der Waals surface area contributed by atoms with Crippen molar-refractivity contribution in [3.8, 4) is 0 Å². The number of hydrogen-bond donors (Lipinski definition) is 1. The summed E-state index contributed by atoms with van der Waals surface area (Å²) in [6, 6.07) is 8.31. The molecule has 0 unspecified atom stereocenters. The quantitative estimate of drug-likeness (QED) is 0.606. The molecule has 31 heavy (non-hydrogen) atoms. The summed E-state index contributed by atoms with van der Waals surface area (Å²) >= 11 is 0. The van der Waals surface area contributed by atoms with Gasteiger partial charge >= 0.3 is 0 Å². The second kappa shape index (κ2) is 8.32. The van der Waals surface area contributed by atoms with Gasteiger partial charge in [0.05, 0.1) is 29.9 Å². The molecule has 1 aromatic carbocycles. The molecule has 0 saturated carbocycles. The van der Waals surface area contributed by atoms with E-state index in [1.54, 1.807) is 31.2 Å². The first-order chi connectivity index (χ1) is 14.8. The van der Waals surface area contributed by atoms with Gasteiger partial charge < -0.3 is 9.73 Å². The Morgan fingerprint density at radius 3 is 2.74 bits per heavy atom. The van der Waals surface area contributed by atoms with E-state index in [-0.39, 0.29) is 23.9 Å². The molecule has 0 spiro atoms. The molecule has 2 aromatic heterocycles. The molecule has 0 fully saturated rings. The molecule has 0 atom stereocenters. The van der Waals surface area contributed by atoms with Crippen molar-refractivity contribution in [3.63, 3.8) is 0 Å². The summed E-state index contributed by atoms with van der Waals surface area (Å²) in [6.45, 7) is 3.41. The number of fused-ring (bicyclic) bond motifs is 1. The lowest BCUT2D eigenvalue weighted by atomic mass is 10.2. The molecule has 164 valence electrons. The lowest BCUT2D eigenvalue weighted by Gasteiger charge is -2.22. The molecule has 1 aliphatic rings. The summed E-state index contributed by atoms with van der Waals surface area (Å²) in [5.74, 6) is 0.349. The first-order valence-corrected chi connectivity index (χ1v) is 11.6. The van der Waals surface area contributed by atoms with Gasteiger partial charge in [0.1, 0.15) is 5.76 Å². The second-order valence-corrected chi connectivity index (χ2v) is 9.77. The van der Waals surface area contributed by atoms with Crippen molar-refractivity contribution in [2.75, 3.05) is 5.32 Å². The van der Waals surface area contributed by atoms with Gasteiger partial charge in [0.2, 0.25) is 15.9 Å². The molecule has 0 bridgehead atoms. The van der Waals surface area contributed by atoms with Gasteiger partial charge in [0, 0.05) is 25.4 Å². The molecule has 1 amide bonds. The van der Waals surface area contributed by atoms with Gasteiger partial charge in [-0.25, -0.2) is 8.42 Å². The fourth-order valence-electron chi connectivity index (χ4n) is 4.15. The second-order valence-electron chi connectivity index (χ2n) is 7.86. The van der Waals surface area contributed by atoms with Crippen molar-refractivity contribution in [3.05, 3.63) is 64.9 Å². The number of amides is 1. The number of aryl methyl sites for hydroxylation is 2. The summed E-state index contributed by atoms with van der Waals surface area (Å²) in [4.78, 5) is 11.5. The molecule has 0 radical (unpaired) electrons. The van der Waals surface area contributed by atoms with Gasteiger partial charge in [-0.3, -0.25) is 9.48 Å². The molecule has 9 heteroatoms. The molecule has 2 heterocycles. The lowest BCUT2D eigenvalue weighted by Crippen LogP contribution is -2.31. The minimum atomic E-state index is -3.85. The van der Waals surface area contributed by atoms with Crippen LogP contribution in [0.15, 0.2) is 45.9 Å². The van der Waals surface area contributed by atoms with Crippen LogP contribution in [-0.4, -0.2) is 28.4 Å². The smallest absolute Gasteiger partial charge is 0.244 e. The van der Waals surface area contributed by atoms with Crippen molar-refractivity contribution >= 4 is 21.6 Å². The van der Waals surface area contributed by atoms with Crippen LogP contribution in [0.25, 0.3) is 0 Å². The van der Waals surface area contributed by atoms with Gasteiger partial charge in [0.15, 0.2) is 0 Å².